The Morgan fingerprint density at radius 2 is 2.40 bits per heavy atom. The fourth-order valence-corrected chi connectivity index (χ4v) is 1.95. The van der Waals surface area contributed by atoms with Gasteiger partial charge in [0.1, 0.15) is 0 Å². The molecular formula is C11H22N2O2. The standard InChI is InChI=1S/C11H22N2O2/c1-13(11(14)5-7-15-2)9-10-4-3-6-12-8-10/h10,12H,3-9H2,1-2H3. The molecule has 4 heteroatoms. The predicted molar refractivity (Wildman–Crippen MR) is 59.7 cm³/mol. The highest BCUT2D eigenvalue weighted by molar-refractivity contribution is 5.75. The van der Waals surface area contributed by atoms with Crippen LogP contribution < -0.4 is 5.32 Å². The van der Waals surface area contributed by atoms with Gasteiger partial charge in [-0.25, -0.2) is 0 Å². The number of carbonyl (C=O) groups excluding carboxylic acids is 1. The van der Waals surface area contributed by atoms with Crippen molar-refractivity contribution in [1.82, 2.24) is 10.2 Å². The monoisotopic (exact) mass is 214 g/mol. The zero-order chi connectivity index (χ0) is 11.1. The molecule has 1 amide bonds. The summed E-state index contributed by atoms with van der Waals surface area (Å²) in [6.07, 6.45) is 2.95. The molecule has 0 aliphatic carbocycles. The summed E-state index contributed by atoms with van der Waals surface area (Å²) in [6.45, 7) is 3.56. The lowest BCUT2D eigenvalue weighted by Crippen LogP contribution is -2.39. The summed E-state index contributed by atoms with van der Waals surface area (Å²) >= 11 is 0. The second-order valence-corrected chi connectivity index (χ2v) is 4.23. The summed E-state index contributed by atoms with van der Waals surface area (Å²) in [5, 5.41) is 3.36. The molecule has 1 unspecified atom stereocenters. The van der Waals surface area contributed by atoms with Gasteiger partial charge in [-0.2, -0.15) is 0 Å². The molecule has 1 N–H and O–H groups in total. The minimum atomic E-state index is 0.183. The Labute approximate surface area is 92.0 Å². The van der Waals surface area contributed by atoms with Crippen LogP contribution in [0, 0.1) is 5.92 Å². The molecule has 0 bridgehead atoms. The zero-order valence-electron chi connectivity index (χ0n) is 9.79. The molecule has 1 atom stereocenters. The predicted octanol–water partition coefficient (Wildman–Crippen LogP) is 0.481. The van der Waals surface area contributed by atoms with Crippen molar-refractivity contribution in [3.63, 3.8) is 0 Å². The van der Waals surface area contributed by atoms with E-state index in [-0.39, 0.29) is 5.91 Å². The van der Waals surface area contributed by atoms with E-state index in [4.69, 9.17) is 4.74 Å². The van der Waals surface area contributed by atoms with Crippen molar-refractivity contribution in [1.29, 1.82) is 0 Å². The topological polar surface area (TPSA) is 41.6 Å². The van der Waals surface area contributed by atoms with E-state index in [9.17, 15) is 4.79 Å². The SMILES string of the molecule is COCCC(=O)N(C)CC1CCCNC1. The molecule has 4 nitrogen and oxygen atoms in total. The normalized spacial score (nSPS) is 21.3. The maximum Gasteiger partial charge on any atom is 0.224 e. The number of hydrogen-bond donors (Lipinski definition) is 1. The lowest BCUT2D eigenvalue weighted by molar-refractivity contribution is -0.131. The van der Waals surface area contributed by atoms with Crippen molar-refractivity contribution in [3.8, 4) is 0 Å². The minimum absolute atomic E-state index is 0.183. The largest absolute Gasteiger partial charge is 0.384 e. The van der Waals surface area contributed by atoms with E-state index < -0.39 is 0 Å². The van der Waals surface area contributed by atoms with Crippen LogP contribution in [-0.2, 0) is 9.53 Å². The van der Waals surface area contributed by atoms with E-state index in [1.807, 2.05) is 11.9 Å². The molecular weight excluding hydrogens is 192 g/mol. The Balaban J connectivity index is 2.20. The first-order chi connectivity index (χ1) is 7.24. The third-order valence-electron chi connectivity index (χ3n) is 2.88. The summed E-state index contributed by atoms with van der Waals surface area (Å²) < 4.78 is 4.89. The number of hydrogen-bond acceptors (Lipinski definition) is 3. The minimum Gasteiger partial charge on any atom is -0.384 e. The van der Waals surface area contributed by atoms with Crippen molar-refractivity contribution >= 4 is 5.91 Å². The second kappa shape index (κ2) is 6.80. The molecule has 1 saturated heterocycles. The van der Waals surface area contributed by atoms with E-state index in [0.29, 0.717) is 18.9 Å². The molecule has 0 aromatic rings. The van der Waals surface area contributed by atoms with E-state index in [0.717, 1.165) is 19.6 Å². The Morgan fingerprint density at radius 1 is 1.60 bits per heavy atom. The van der Waals surface area contributed by atoms with E-state index >= 15 is 0 Å². The quantitative estimate of drug-likeness (QED) is 0.724. The molecule has 0 aromatic carbocycles. The van der Waals surface area contributed by atoms with Gasteiger partial charge >= 0.3 is 0 Å². The number of methoxy groups -OCH3 is 1. The number of amides is 1. The number of ether oxygens (including phenoxy) is 1. The van der Waals surface area contributed by atoms with E-state index in [1.54, 1.807) is 7.11 Å². The van der Waals surface area contributed by atoms with Crippen molar-refractivity contribution in [3.05, 3.63) is 0 Å². The first-order valence-corrected chi connectivity index (χ1v) is 5.67. The number of rotatable bonds is 5. The number of carbonyl (C=O) groups is 1. The molecule has 0 spiro atoms. The van der Waals surface area contributed by atoms with Gasteiger partial charge in [0.05, 0.1) is 13.0 Å². The average molecular weight is 214 g/mol. The molecule has 1 aliphatic heterocycles. The van der Waals surface area contributed by atoms with Crippen LogP contribution in [-0.4, -0.2) is 51.2 Å². The van der Waals surface area contributed by atoms with E-state index in [2.05, 4.69) is 5.32 Å². The van der Waals surface area contributed by atoms with Gasteiger partial charge in [0.25, 0.3) is 0 Å². The Hall–Kier alpha value is -0.610. The third kappa shape index (κ3) is 4.62. The van der Waals surface area contributed by atoms with Gasteiger partial charge in [-0.3, -0.25) is 4.79 Å². The molecule has 1 heterocycles. The number of nitrogens with zero attached hydrogens (tertiary/aromatic N) is 1. The van der Waals surface area contributed by atoms with E-state index in [1.165, 1.54) is 12.8 Å². The first kappa shape index (κ1) is 12.5. The maximum absolute atomic E-state index is 11.6. The molecule has 0 radical (unpaired) electrons. The molecule has 1 rings (SSSR count). The molecule has 1 aliphatic rings. The summed E-state index contributed by atoms with van der Waals surface area (Å²) in [7, 11) is 3.50. The Morgan fingerprint density at radius 3 is 3.00 bits per heavy atom. The highest BCUT2D eigenvalue weighted by Crippen LogP contribution is 2.11. The maximum atomic E-state index is 11.6. The van der Waals surface area contributed by atoms with Crippen LogP contribution in [0.4, 0.5) is 0 Å². The molecule has 1 fully saturated rings. The summed E-state index contributed by atoms with van der Waals surface area (Å²) in [4.78, 5) is 13.4. The van der Waals surface area contributed by atoms with Crippen LogP contribution >= 0.6 is 0 Å². The van der Waals surface area contributed by atoms with Crippen molar-refractivity contribution in [2.75, 3.05) is 40.4 Å². The van der Waals surface area contributed by atoms with Gasteiger partial charge in [-0.05, 0) is 31.8 Å². The summed E-state index contributed by atoms with van der Waals surface area (Å²) in [5.41, 5.74) is 0. The second-order valence-electron chi connectivity index (χ2n) is 4.23. The average Bonchev–Trinajstić information content (AvgIpc) is 2.27. The van der Waals surface area contributed by atoms with Gasteiger partial charge in [-0.15, -0.1) is 0 Å². The van der Waals surface area contributed by atoms with Crippen LogP contribution in [0.2, 0.25) is 0 Å². The molecule has 0 aromatic heterocycles. The van der Waals surface area contributed by atoms with Gasteiger partial charge in [-0.1, -0.05) is 0 Å². The first-order valence-electron chi connectivity index (χ1n) is 5.67. The molecule has 15 heavy (non-hydrogen) atoms. The number of nitrogens with one attached hydrogen (secondary N) is 1. The van der Waals surface area contributed by atoms with Crippen LogP contribution in [0.1, 0.15) is 19.3 Å². The van der Waals surface area contributed by atoms with Crippen LogP contribution in [0.5, 0.6) is 0 Å². The Bertz CT molecular complexity index is 191. The smallest absolute Gasteiger partial charge is 0.224 e. The van der Waals surface area contributed by atoms with Crippen molar-refractivity contribution in [2.24, 2.45) is 5.92 Å². The van der Waals surface area contributed by atoms with Crippen LogP contribution in [0.3, 0.4) is 0 Å². The summed E-state index contributed by atoms with van der Waals surface area (Å²) in [6, 6.07) is 0. The lowest BCUT2D eigenvalue weighted by atomic mass is 9.99. The number of piperidine rings is 1. The fraction of sp³-hybridized carbons (Fsp3) is 0.909. The lowest BCUT2D eigenvalue weighted by Gasteiger charge is -2.27. The van der Waals surface area contributed by atoms with Gasteiger partial charge in [0, 0.05) is 20.7 Å². The Kier molecular flexibility index (Phi) is 5.65. The van der Waals surface area contributed by atoms with Crippen LogP contribution in [0.15, 0.2) is 0 Å². The third-order valence-corrected chi connectivity index (χ3v) is 2.88. The molecule has 88 valence electrons. The molecule has 0 saturated carbocycles. The van der Waals surface area contributed by atoms with Gasteiger partial charge < -0.3 is 15.0 Å². The zero-order valence-corrected chi connectivity index (χ0v) is 9.79. The van der Waals surface area contributed by atoms with Crippen molar-refractivity contribution in [2.45, 2.75) is 19.3 Å². The highest BCUT2D eigenvalue weighted by Gasteiger charge is 2.17. The van der Waals surface area contributed by atoms with Crippen LogP contribution in [0.25, 0.3) is 0 Å². The van der Waals surface area contributed by atoms with Gasteiger partial charge in [0.2, 0.25) is 5.91 Å². The van der Waals surface area contributed by atoms with Crippen molar-refractivity contribution < 1.29 is 9.53 Å². The van der Waals surface area contributed by atoms with Gasteiger partial charge in [0.15, 0.2) is 0 Å². The fourth-order valence-electron chi connectivity index (χ4n) is 1.95. The summed E-state index contributed by atoms with van der Waals surface area (Å²) in [5.74, 6) is 0.803. The highest BCUT2D eigenvalue weighted by atomic mass is 16.5.